The molecule has 1 aliphatic rings. The van der Waals surface area contributed by atoms with E-state index in [2.05, 4.69) is 34.6 Å². The highest BCUT2D eigenvalue weighted by Gasteiger charge is 2.29. The number of amides is 2. The van der Waals surface area contributed by atoms with E-state index in [0.717, 1.165) is 30.8 Å². The Labute approximate surface area is 218 Å². The maximum Gasteiger partial charge on any atom is 0.228 e. The molecule has 2 amide bonds. The molecule has 0 bridgehead atoms. The standard InChI is InChI=1S/C29H33N3O4S/c1-2-32(24-12-7-4-8-13-24)19-9-18-30-29(34)26(22-10-5-3-6-11-22)21-37(35,36)25-15-16-27-23(20-25)14-17-28(33)31-27/h3-8,10-13,15-16,20,26H,2,9,14,17-19,21H2,1H3,(H,30,34)(H,31,33). The summed E-state index contributed by atoms with van der Waals surface area (Å²) < 4.78 is 26.8. The number of nitrogens with one attached hydrogen (secondary N) is 2. The number of fused-ring (bicyclic) bond motifs is 1. The lowest BCUT2D eigenvalue weighted by Gasteiger charge is -2.23. The normalized spacial score (nSPS) is 13.8. The van der Waals surface area contributed by atoms with Crippen LogP contribution in [0.25, 0.3) is 0 Å². The van der Waals surface area contributed by atoms with Gasteiger partial charge in [0.15, 0.2) is 9.84 Å². The van der Waals surface area contributed by atoms with Crippen LogP contribution in [0.2, 0.25) is 0 Å². The van der Waals surface area contributed by atoms with Crippen molar-refractivity contribution >= 4 is 33.0 Å². The van der Waals surface area contributed by atoms with Crippen molar-refractivity contribution in [2.24, 2.45) is 0 Å². The number of anilines is 2. The van der Waals surface area contributed by atoms with E-state index in [1.807, 2.05) is 36.4 Å². The van der Waals surface area contributed by atoms with Gasteiger partial charge in [0.05, 0.1) is 16.6 Å². The predicted octanol–water partition coefficient (Wildman–Crippen LogP) is 4.16. The zero-order valence-corrected chi connectivity index (χ0v) is 21.8. The van der Waals surface area contributed by atoms with E-state index in [9.17, 15) is 18.0 Å². The molecule has 0 radical (unpaired) electrons. The summed E-state index contributed by atoms with van der Waals surface area (Å²) in [5.41, 5.74) is 3.23. The fourth-order valence-electron chi connectivity index (χ4n) is 4.59. The van der Waals surface area contributed by atoms with Gasteiger partial charge in [-0.15, -0.1) is 0 Å². The highest BCUT2D eigenvalue weighted by Crippen LogP contribution is 2.28. The van der Waals surface area contributed by atoms with Gasteiger partial charge in [0.1, 0.15) is 0 Å². The average molecular weight is 520 g/mol. The number of carbonyl (C=O) groups excluding carboxylic acids is 2. The largest absolute Gasteiger partial charge is 0.372 e. The Kier molecular flexibility index (Phi) is 8.61. The minimum Gasteiger partial charge on any atom is -0.372 e. The number of rotatable bonds is 11. The Bertz CT molecular complexity index is 1330. The summed E-state index contributed by atoms with van der Waals surface area (Å²) in [6.45, 7) is 4.18. The molecule has 8 heteroatoms. The number of carbonyl (C=O) groups is 2. The number of sulfone groups is 1. The zero-order chi connectivity index (χ0) is 26.3. The SMILES string of the molecule is CCN(CCCNC(=O)C(CS(=O)(=O)c1ccc2c(c1)CCC(=O)N2)c1ccccc1)c1ccccc1. The van der Waals surface area contributed by atoms with E-state index in [4.69, 9.17) is 0 Å². The fourth-order valence-corrected chi connectivity index (χ4v) is 6.16. The third-order valence-corrected chi connectivity index (χ3v) is 8.39. The van der Waals surface area contributed by atoms with Crippen molar-refractivity contribution in [2.45, 2.75) is 37.0 Å². The van der Waals surface area contributed by atoms with Crippen LogP contribution >= 0.6 is 0 Å². The molecule has 7 nitrogen and oxygen atoms in total. The number of hydrogen-bond donors (Lipinski definition) is 2. The Morgan fingerprint density at radius 3 is 2.41 bits per heavy atom. The molecule has 1 aliphatic heterocycles. The van der Waals surface area contributed by atoms with E-state index < -0.39 is 15.8 Å². The summed E-state index contributed by atoms with van der Waals surface area (Å²) >= 11 is 0. The fraction of sp³-hybridized carbons (Fsp3) is 0.310. The monoisotopic (exact) mass is 519 g/mol. The Morgan fingerprint density at radius 2 is 1.70 bits per heavy atom. The lowest BCUT2D eigenvalue weighted by Crippen LogP contribution is -2.35. The molecule has 1 atom stereocenters. The van der Waals surface area contributed by atoms with Gasteiger partial charge in [0.2, 0.25) is 11.8 Å². The molecule has 0 spiro atoms. The van der Waals surface area contributed by atoms with E-state index in [-0.39, 0.29) is 22.5 Å². The molecular weight excluding hydrogens is 486 g/mol. The van der Waals surface area contributed by atoms with Crippen molar-refractivity contribution in [3.05, 3.63) is 90.0 Å². The lowest BCUT2D eigenvalue weighted by molar-refractivity contribution is -0.122. The molecule has 1 heterocycles. The molecule has 0 aliphatic carbocycles. The van der Waals surface area contributed by atoms with Crippen molar-refractivity contribution in [1.82, 2.24) is 5.32 Å². The second-order valence-electron chi connectivity index (χ2n) is 9.17. The molecule has 0 aromatic heterocycles. The van der Waals surface area contributed by atoms with E-state index >= 15 is 0 Å². The van der Waals surface area contributed by atoms with Gasteiger partial charge in [-0.25, -0.2) is 8.42 Å². The highest BCUT2D eigenvalue weighted by molar-refractivity contribution is 7.91. The third-order valence-electron chi connectivity index (χ3n) is 6.64. The summed E-state index contributed by atoms with van der Waals surface area (Å²) in [4.78, 5) is 27.3. The molecule has 1 unspecified atom stereocenters. The van der Waals surface area contributed by atoms with Crippen molar-refractivity contribution in [1.29, 1.82) is 0 Å². The Hall–Kier alpha value is -3.65. The number of para-hydroxylation sites is 1. The van der Waals surface area contributed by atoms with Gasteiger partial charge in [-0.1, -0.05) is 48.5 Å². The van der Waals surface area contributed by atoms with Crippen LogP contribution in [0.3, 0.4) is 0 Å². The van der Waals surface area contributed by atoms with E-state index in [1.54, 1.807) is 24.3 Å². The maximum absolute atomic E-state index is 13.4. The summed E-state index contributed by atoms with van der Waals surface area (Å²) in [6, 6.07) is 23.9. The van der Waals surface area contributed by atoms with Crippen LogP contribution < -0.4 is 15.5 Å². The van der Waals surface area contributed by atoms with Crippen molar-refractivity contribution in [3.63, 3.8) is 0 Å². The summed E-state index contributed by atoms with van der Waals surface area (Å²) in [5, 5.41) is 5.74. The average Bonchev–Trinajstić information content (AvgIpc) is 2.92. The first-order chi connectivity index (χ1) is 17.9. The van der Waals surface area contributed by atoms with Crippen molar-refractivity contribution in [2.75, 3.05) is 35.6 Å². The highest BCUT2D eigenvalue weighted by atomic mass is 32.2. The van der Waals surface area contributed by atoms with Crippen LogP contribution in [0.5, 0.6) is 0 Å². The summed E-state index contributed by atoms with van der Waals surface area (Å²) in [6.07, 6.45) is 1.55. The first-order valence-corrected chi connectivity index (χ1v) is 14.3. The van der Waals surface area contributed by atoms with Crippen LogP contribution in [-0.4, -0.2) is 45.6 Å². The summed E-state index contributed by atoms with van der Waals surface area (Å²) in [5.74, 6) is -1.55. The lowest BCUT2D eigenvalue weighted by atomic mass is 10.0. The maximum atomic E-state index is 13.4. The van der Waals surface area contributed by atoms with Crippen LogP contribution in [0, 0.1) is 0 Å². The van der Waals surface area contributed by atoms with Gasteiger partial charge in [-0.2, -0.15) is 0 Å². The first-order valence-electron chi connectivity index (χ1n) is 12.7. The van der Waals surface area contributed by atoms with Crippen LogP contribution in [0.15, 0.2) is 83.8 Å². The molecule has 2 N–H and O–H groups in total. The molecule has 3 aromatic rings. The molecule has 0 saturated heterocycles. The third kappa shape index (κ3) is 6.77. The molecular formula is C29H33N3O4S. The van der Waals surface area contributed by atoms with Gasteiger partial charge in [0, 0.05) is 37.4 Å². The quantitative estimate of drug-likeness (QED) is 0.371. The number of aryl methyl sites for hydroxylation is 1. The van der Waals surface area contributed by atoms with Gasteiger partial charge in [-0.05, 0) is 61.2 Å². The van der Waals surface area contributed by atoms with Gasteiger partial charge >= 0.3 is 0 Å². The molecule has 37 heavy (non-hydrogen) atoms. The molecule has 0 fully saturated rings. The molecule has 4 rings (SSSR count). The smallest absolute Gasteiger partial charge is 0.228 e. The van der Waals surface area contributed by atoms with E-state index in [1.165, 1.54) is 6.07 Å². The number of benzene rings is 3. The zero-order valence-electron chi connectivity index (χ0n) is 21.0. The Balaban J connectivity index is 1.44. The van der Waals surface area contributed by atoms with Crippen molar-refractivity contribution in [3.8, 4) is 0 Å². The minimum absolute atomic E-state index is 0.0743. The second kappa shape index (κ2) is 12.1. The molecule has 194 valence electrons. The van der Waals surface area contributed by atoms with Crippen LogP contribution in [-0.2, 0) is 25.8 Å². The van der Waals surface area contributed by atoms with Gasteiger partial charge in [-0.3, -0.25) is 9.59 Å². The topological polar surface area (TPSA) is 95.6 Å². The van der Waals surface area contributed by atoms with E-state index in [0.29, 0.717) is 30.6 Å². The Morgan fingerprint density at radius 1 is 1.00 bits per heavy atom. The van der Waals surface area contributed by atoms with Gasteiger partial charge in [0.25, 0.3) is 0 Å². The molecule has 0 saturated carbocycles. The number of nitrogens with zero attached hydrogens (tertiary/aromatic N) is 1. The minimum atomic E-state index is -3.77. The summed E-state index contributed by atoms with van der Waals surface area (Å²) in [7, 11) is -3.77. The number of hydrogen-bond acceptors (Lipinski definition) is 5. The predicted molar refractivity (Wildman–Crippen MR) is 147 cm³/mol. The first kappa shape index (κ1) is 26.4. The molecule has 3 aromatic carbocycles. The van der Waals surface area contributed by atoms with Crippen LogP contribution in [0.4, 0.5) is 11.4 Å². The van der Waals surface area contributed by atoms with Gasteiger partial charge < -0.3 is 15.5 Å². The second-order valence-corrected chi connectivity index (χ2v) is 11.2. The van der Waals surface area contributed by atoms with Crippen molar-refractivity contribution < 1.29 is 18.0 Å². The van der Waals surface area contributed by atoms with Crippen LogP contribution in [0.1, 0.15) is 36.8 Å².